The molecule has 1 aromatic rings. The molecule has 1 atom stereocenters. The highest BCUT2D eigenvalue weighted by molar-refractivity contribution is 5.56. The summed E-state index contributed by atoms with van der Waals surface area (Å²) in [7, 11) is 0. The number of benzene rings is 1. The SMILES string of the molecule is CC=Cc1ccccc1OCCNCC1CCCO1. The second kappa shape index (κ2) is 7.97. The maximum atomic E-state index is 5.80. The first-order valence-electron chi connectivity index (χ1n) is 7.07. The molecule has 1 aromatic carbocycles. The molecule has 2 rings (SSSR count). The molecule has 0 aliphatic carbocycles. The van der Waals surface area contributed by atoms with Gasteiger partial charge in [-0.15, -0.1) is 0 Å². The van der Waals surface area contributed by atoms with Gasteiger partial charge in [0.15, 0.2) is 0 Å². The Balaban J connectivity index is 1.67. The van der Waals surface area contributed by atoms with Crippen molar-refractivity contribution in [3.63, 3.8) is 0 Å². The summed E-state index contributed by atoms with van der Waals surface area (Å²) in [5, 5.41) is 3.38. The predicted molar refractivity (Wildman–Crippen MR) is 78.5 cm³/mol. The maximum Gasteiger partial charge on any atom is 0.126 e. The van der Waals surface area contributed by atoms with Crippen molar-refractivity contribution in [2.45, 2.75) is 25.9 Å². The van der Waals surface area contributed by atoms with Crippen molar-refractivity contribution in [3.8, 4) is 5.75 Å². The minimum atomic E-state index is 0.398. The van der Waals surface area contributed by atoms with Gasteiger partial charge >= 0.3 is 0 Å². The molecule has 0 radical (unpaired) electrons. The summed E-state index contributed by atoms with van der Waals surface area (Å²) in [6, 6.07) is 8.10. The Bertz CT molecular complexity index is 397. The Hall–Kier alpha value is -1.32. The fourth-order valence-corrected chi connectivity index (χ4v) is 2.23. The lowest BCUT2D eigenvalue weighted by atomic mass is 10.2. The second-order valence-corrected chi connectivity index (χ2v) is 4.73. The Morgan fingerprint density at radius 2 is 2.32 bits per heavy atom. The fourth-order valence-electron chi connectivity index (χ4n) is 2.23. The zero-order chi connectivity index (χ0) is 13.3. The molecule has 1 fully saturated rings. The molecule has 104 valence electrons. The Labute approximate surface area is 115 Å². The number of rotatable bonds is 7. The summed E-state index contributed by atoms with van der Waals surface area (Å²) < 4.78 is 11.4. The van der Waals surface area contributed by atoms with E-state index in [0.29, 0.717) is 12.7 Å². The molecule has 1 heterocycles. The molecule has 1 unspecified atom stereocenters. The lowest BCUT2D eigenvalue weighted by Crippen LogP contribution is -2.29. The normalized spacial score (nSPS) is 19.1. The van der Waals surface area contributed by atoms with Crippen molar-refractivity contribution in [2.75, 3.05) is 26.3 Å². The molecule has 3 nitrogen and oxygen atoms in total. The van der Waals surface area contributed by atoms with E-state index in [1.54, 1.807) is 0 Å². The first-order chi connectivity index (χ1) is 9.40. The van der Waals surface area contributed by atoms with Gasteiger partial charge in [0.05, 0.1) is 6.10 Å². The highest BCUT2D eigenvalue weighted by atomic mass is 16.5. The van der Waals surface area contributed by atoms with Crippen LogP contribution in [0.5, 0.6) is 5.75 Å². The third kappa shape index (κ3) is 4.69. The van der Waals surface area contributed by atoms with Crippen LogP contribution in [0.15, 0.2) is 30.3 Å². The standard InChI is InChI=1S/C16H23NO2/c1-2-6-14-7-3-4-9-16(14)19-12-10-17-13-15-8-5-11-18-15/h2-4,6-7,9,15,17H,5,8,10-13H2,1H3. The number of allylic oxidation sites excluding steroid dienone is 1. The van der Waals surface area contributed by atoms with E-state index in [0.717, 1.165) is 31.0 Å². The van der Waals surface area contributed by atoms with E-state index < -0.39 is 0 Å². The third-order valence-electron chi connectivity index (χ3n) is 3.20. The predicted octanol–water partition coefficient (Wildman–Crippen LogP) is 2.87. The molecule has 1 N–H and O–H groups in total. The summed E-state index contributed by atoms with van der Waals surface area (Å²) in [6.45, 7) is 5.39. The van der Waals surface area contributed by atoms with Crippen LogP contribution in [0.1, 0.15) is 25.3 Å². The maximum absolute atomic E-state index is 5.80. The number of ether oxygens (including phenoxy) is 2. The molecule has 1 saturated heterocycles. The van der Waals surface area contributed by atoms with Gasteiger partial charge in [-0.2, -0.15) is 0 Å². The van der Waals surface area contributed by atoms with Crippen molar-refractivity contribution in [2.24, 2.45) is 0 Å². The summed E-state index contributed by atoms with van der Waals surface area (Å²) >= 11 is 0. The van der Waals surface area contributed by atoms with Crippen LogP contribution in [0.3, 0.4) is 0 Å². The second-order valence-electron chi connectivity index (χ2n) is 4.73. The van der Waals surface area contributed by atoms with Crippen LogP contribution in [0.4, 0.5) is 0 Å². The van der Waals surface area contributed by atoms with E-state index >= 15 is 0 Å². The monoisotopic (exact) mass is 261 g/mol. The topological polar surface area (TPSA) is 30.5 Å². The average Bonchev–Trinajstić information content (AvgIpc) is 2.94. The van der Waals surface area contributed by atoms with Gasteiger partial charge in [-0.25, -0.2) is 0 Å². The molecule has 0 aromatic heterocycles. The van der Waals surface area contributed by atoms with E-state index in [1.165, 1.54) is 12.8 Å². The van der Waals surface area contributed by atoms with Gasteiger partial charge in [-0.05, 0) is 25.8 Å². The summed E-state index contributed by atoms with van der Waals surface area (Å²) in [5.74, 6) is 0.944. The Kier molecular flexibility index (Phi) is 5.92. The highest BCUT2D eigenvalue weighted by Crippen LogP contribution is 2.19. The van der Waals surface area contributed by atoms with Gasteiger partial charge in [0, 0.05) is 25.3 Å². The van der Waals surface area contributed by atoms with Crippen molar-refractivity contribution < 1.29 is 9.47 Å². The molecule has 19 heavy (non-hydrogen) atoms. The molecular formula is C16H23NO2. The molecule has 0 spiro atoms. The fraction of sp³-hybridized carbons (Fsp3) is 0.500. The molecule has 1 aliphatic rings. The van der Waals surface area contributed by atoms with Gasteiger partial charge in [0.2, 0.25) is 0 Å². The summed E-state index contributed by atoms with van der Waals surface area (Å²) in [5.41, 5.74) is 1.13. The molecular weight excluding hydrogens is 238 g/mol. The lowest BCUT2D eigenvalue weighted by molar-refractivity contribution is 0.109. The number of nitrogens with one attached hydrogen (secondary N) is 1. The lowest BCUT2D eigenvalue weighted by Gasteiger charge is -2.12. The number of hydrogen-bond acceptors (Lipinski definition) is 3. The molecule has 0 saturated carbocycles. The van der Waals surface area contributed by atoms with Gasteiger partial charge < -0.3 is 14.8 Å². The third-order valence-corrected chi connectivity index (χ3v) is 3.20. The highest BCUT2D eigenvalue weighted by Gasteiger charge is 2.14. The van der Waals surface area contributed by atoms with Crippen LogP contribution in [0.25, 0.3) is 6.08 Å². The zero-order valence-electron chi connectivity index (χ0n) is 11.6. The Morgan fingerprint density at radius 1 is 1.42 bits per heavy atom. The van der Waals surface area contributed by atoms with Crippen LogP contribution in [-0.2, 0) is 4.74 Å². The van der Waals surface area contributed by atoms with Gasteiger partial charge in [-0.1, -0.05) is 30.4 Å². The quantitative estimate of drug-likeness (QED) is 0.766. The van der Waals surface area contributed by atoms with Crippen molar-refractivity contribution >= 4 is 6.08 Å². The smallest absolute Gasteiger partial charge is 0.126 e. The average molecular weight is 261 g/mol. The molecule has 3 heteroatoms. The Morgan fingerprint density at radius 3 is 3.11 bits per heavy atom. The minimum Gasteiger partial charge on any atom is -0.492 e. The number of hydrogen-bond donors (Lipinski definition) is 1. The van der Waals surface area contributed by atoms with E-state index in [4.69, 9.17) is 9.47 Å². The van der Waals surface area contributed by atoms with Gasteiger partial charge in [-0.3, -0.25) is 0 Å². The van der Waals surface area contributed by atoms with Crippen LogP contribution in [0.2, 0.25) is 0 Å². The van der Waals surface area contributed by atoms with E-state index in [1.807, 2.05) is 31.2 Å². The summed E-state index contributed by atoms with van der Waals surface area (Å²) in [4.78, 5) is 0. The molecule has 0 bridgehead atoms. The van der Waals surface area contributed by atoms with Crippen LogP contribution >= 0.6 is 0 Å². The first kappa shape index (κ1) is 14.1. The molecule has 0 amide bonds. The minimum absolute atomic E-state index is 0.398. The van der Waals surface area contributed by atoms with Crippen LogP contribution in [-0.4, -0.2) is 32.4 Å². The largest absolute Gasteiger partial charge is 0.492 e. The van der Waals surface area contributed by atoms with E-state index in [9.17, 15) is 0 Å². The summed E-state index contributed by atoms with van der Waals surface area (Å²) in [6.07, 6.45) is 6.86. The van der Waals surface area contributed by atoms with Crippen molar-refractivity contribution in [1.82, 2.24) is 5.32 Å². The van der Waals surface area contributed by atoms with E-state index in [2.05, 4.69) is 17.5 Å². The van der Waals surface area contributed by atoms with Crippen LogP contribution < -0.4 is 10.1 Å². The first-order valence-corrected chi connectivity index (χ1v) is 7.07. The molecule has 1 aliphatic heterocycles. The van der Waals surface area contributed by atoms with Crippen LogP contribution in [0, 0.1) is 0 Å². The van der Waals surface area contributed by atoms with Crippen molar-refractivity contribution in [1.29, 1.82) is 0 Å². The van der Waals surface area contributed by atoms with E-state index in [-0.39, 0.29) is 0 Å². The van der Waals surface area contributed by atoms with Crippen molar-refractivity contribution in [3.05, 3.63) is 35.9 Å². The van der Waals surface area contributed by atoms with Gasteiger partial charge in [0.1, 0.15) is 12.4 Å². The number of para-hydroxylation sites is 1. The zero-order valence-corrected chi connectivity index (χ0v) is 11.6. The van der Waals surface area contributed by atoms with Gasteiger partial charge in [0.25, 0.3) is 0 Å².